The van der Waals surface area contributed by atoms with Crippen LogP contribution in [0.2, 0.25) is 0 Å². The molecule has 0 heterocycles. The Bertz CT molecular complexity index is 437. The average molecular weight is 221 g/mol. The first kappa shape index (κ1) is 12.0. The van der Waals surface area contributed by atoms with Crippen molar-refractivity contribution in [3.05, 3.63) is 29.6 Å². The Kier molecular flexibility index (Phi) is 3.84. The second kappa shape index (κ2) is 5.12. The summed E-state index contributed by atoms with van der Waals surface area (Å²) < 4.78 is 12.8. The van der Waals surface area contributed by atoms with E-state index in [1.54, 1.807) is 0 Å². The lowest BCUT2D eigenvalue weighted by Gasteiger charge is -2.10. The van der Waals surface area contributed by atoms with Gasteiger partial charge in [-0.1, -0.05) is 0 Å². The Labute approximate surface area is 93.1 Å². The van der Waals surface area contributed by atoms with Gasteiger partial charge in [-0.15, -0.1) is 0 Å². The molecule has 84 valence electrons. The molecule has 0 bridgehead atoms. The first-order chi connectivity index (χ1) is 7.52. The van der Waals surface area contributed by atoms with Gasteiger partial charge in [0.2, 0.25) is 0 Å². The molecule has 0 aliphatic heterocycles. The van der Waals surface area contributed by atoms with Crippen molar-refractivity contribution in [2.75, 3.05) is 5.32 Å². The number of nitriles is 1. The molecule has 0 spiro atoms. The number of carbonyl (C=O) groups is 1. The van der Waals surface area contributed by atoms with E-state index in [9.17, 15) is 9.18 Å². The first-order valence-electron chi connectivity index (χ1n) is 4.80. The Balaban J connectivity index is 2.82. The minimum absolute atomic E-state index is 0.00835. The molecule has 1 aromatic carbocycles. The number of nitrogens with one attached hydrogen (secondary N) is 2. The minimum Gasteiger partial charge on any atom is -0.336 e. The number of carbonyl (C=O) groups excluding carboxylic acids is 1. The van der Waals surface area contributed by atoms with Gasteiger partial charge in [-0.25, -0.2) is 9.18 Å². The van der Waals surface area contributed by atoms with Crippen molar-refractivity contribution >= 4 is 11.7 Å². The monoisotopic (exact) mass is 221 g/mol. The molecule has 1 aromatic rings. The third-order valence-electron chi connectivity index (χ3n) is 1.77. The SMILES string of the molecule is CC(C)NC(=O)Nc1ccc(F)cc1C#N. The molecule has 0 aromatic heterocycles. The van der Waals surface area contributed by atoms with Gasteiger partial charge in [0.15, 0.2) is 0 Å². The van der Waals surface area contributed by atoms with Gasteiger partial charge in [-0.05, 0) is 32.0 Å². The second-order valence-corrected chi connectivity index (χ2v) is 3.55. The molecule has 2 N–H and O–H groups in total. The van der Waals surface area contributed by atoms with Crippen LogP contribution >= 0.6 is 0 Å². The predicted molar refractivity (Wildman–Crippen MR) is 58.4 cm³/mol. The van der Waals surface area contributed by atoms with Crippen LogP contribution in [0.5, 0.6) is 0 Å². The topological polar surface area (TPSA) is 64.9 Å². The summed E-state index contributed by atoms with van der Waals surface area (Å²) in [6.07, 6.45) is 0. The Morgan fingerprint density at radius 1 is 1.50 bits per heavy atom. The fraction of sp³-hybridized carbons (Fsp3) is 0.273. The molecule has 16 heavy (non-hydrogen) atoms. The summed E-state index contributed by atoms with van der Waals surface area (Å²) >= 11 is 0. The highest BCUT2D eigenvalue weighted by Crippen LogP contribution is 2.15. The van der Waals surface area contributed by atoms with E-state index < -0.39 is 11.8 Å². The molecule has 5 heteroatoms. The number of benzene rings is 1. The summed E-state index contributed by atoms with van der Waals surface area (Å²) in [5, 5.41) is 13.8. The normalized spacial score (nSPS) is 9.69. The van der Waals surface area contributed by atoms with E-state index in [2.05, 4.69) is 10.6 Å². The van der Waals surface area contributed by atoms with Gasteiger partial charge in [0.25, 0.3) is 0 Å². The van der Waals surface area contributed by atoms with Crippen molar-refractivity contribution < 1.29 is 9.18 Å². The molecule has 0 unspecified atom stereocenters. The fourth-order valence-electron chi connectivity index (χ4n) is 1.14. The molecule has 0 aliphatic carbocycles. The quantitative estimate of drug-likeness (QED) is 0.804. The maximum Gasteiger partial charge on any atom is 0.319 e. The highest BCUT2D eigenvalue weighted by Gasteiger charge is 2.08. The van der Waals surface area contributed by atoms with Crippen molar-refractivity contribution in [1.82, 2.24) is 5.32 Å². The second-order valence-electron chi connectivity index (χ2n) is 3.55. The lowest BCUT2D eigenvalue weighted by molar-refractivity contribution is 0.250. The zero-order valence-corrected chi connectivity index (χ0v) is 9.04. The van der Waals surface area contributed by atoms with Crippen LogP contribution in [0.15, 0.2) is 18.2 Å². The molecule has 4 nitrogen and oxygen atoms in total. The van der Waals surface area contributed by atoms with E-state index in [1.807, 2.05) is 19.9 Å². The largest absolute Gasteiger partial charge is 0.336 e. The summed E-state index contributed by atoms with van der Waals surface area (Å²) in [7, 11) is 0. The Morgan fingerprint density at radius 2 is 2.19 bits per heavy atom. The van der Waals surface area contributed by atoms with E-state index >= 15 is 0 Å². The summed E-state index contributed by atoms with van der Waals surface area (Å²) in [6.45, 7) is 3.63. The zero-order valence-electron chi connectivity index (χ0n) is 9.04. The van der Waals surface area contributed by atoms with Crippen LogP contribution in [-0.2, 0) is 0 Å². The van der Waals surface area contributed by atoms with E-state index in [4.69, 9.17) is 5.26 Å². The number of hydrogen-bond acceptors (Lipinski definition) is 2. The van der Waals surface area contributed by atoms with Crippen LogP contribution in [0.3, 0.4) is 0 Å². The van der Waals surface area contributed by atoms with Crippen molar-refractivity contribution in [2.24, 2.45) is 0 Å². The zero-order chi connectivity index (χ0) is 12.1. The Hall–Kier alpha value is -2.09. The van der Waals surface area contributed by atoms with E-state index in [0.29, 0.717) is 5.69 Å². The molecule has 0 aliphatic rings. The third-order valence-corrected chi connectivity index (χ3v) is 1.77. The minimum atomic E-state index is -0.508. The maximum atomic E-state index is 12.8. The molecule has 0 saturated carbocycles. The number of urea groups is 1. The summed E-state index contributed by atoms with van der Waals surface area (Å²) in [5.41, 5.74) is 0.390. The van der Waals surface area contributed by atoms with E-state index in [-0.39, 0.29) is 11.6 Å². The highest BCUT2D eigenvalue weighted by molar-refractivity contribution is 5.90. The van der Waals surface area contributed by atoms with E-state index in [1.165, 1.54) is 12.1 Å². The van der Waals surface area contributed by atoms with Crippen LogP contribution in [-0.4, -0.2) is 12.1 Å². The van der Waals surface area contributed by atoms with Gasteiger partial charge < -0.3 is 10.6 Å². The molecular weight excluding hydrogens is 209 g/mol. The molecule has 0 radical (unpaired) electrons. The van der Waals surface area contributed by atoms with Gasteiger partial charge in [0, 0.05) is 6.04 Å². The predicted octanol–water partition coefficient (Wildman–Crippen LogP) is 2.23. The first-order valence-corrected chi connectivity index (χ1v) is 4.80. The molecule has 0 saturated heterocycles. The lowest BCUT2D eigenvalue weighted by Crippen LogP contribution is -2.34. The van der Waals surface area contributed by atoms with E-state index in [0.717, 1.165) is 6.07 Å². The lowest BCUT2D eigenvalue weighted by atomic mass is 10.2. The van der Waals surface area contributed by atoms with Crippen molar-refractivity contribution in [3.63, 3.8) is 0 Å². The van der Waals surface area contributed by atoms with Crippen molar-refractivity contribution in [3.8, 4) is 6.07 Å². The van der Waals surface area contributed by atoms with Gasteiger partial charge >= 0.3 is 6.03 Å². The number of nitrogens with zero attached hydrogens (tertiary/aromatic N) is 1. The van der Waals surface area contributed by atoms with Crippen LogP contribution in [0.1, 0.15) is 19.4 Å². The van der Waals surface area contributed by atoms with Crippen molar-refractivity contribution in [2.45, 2.75) is 19.9 Å². The number of halogens is 1. The molecule has 2 amide bonds. The number of hydrogen-bond donors (Lipinski definition) is 2. The smallest absolute Gasteiger partial charge is 0.319 e. The van der Waals surface area contributed by atoms with Gasteiger partial charge in [-0.2, -0.15) is 5.26 Å². The standard InChI is InChI=1S/C11H12FN3O/c1-7(2)14-11(16)15-10-4-3-9(12)5-8(10)6-13/h3-5,7H,1-2H3,(H2,14,15,16). The Morgan fingerprint density at radius 3 is 2.75 bits per heavy atom. The summed E-state index contributed by atoms with van der Waals surface area (Å²) in [5.74, 6) is -0.508. The van der Waals surface area contributed by atoms with Gasteiger partial charge in [0.05, 0.1) is 11.3 Å². The van der Waals surface area contributed by atoms with Crippen LogP contribution in [0, 0.1) is 17.1 Å². The van der Waals surface area contributed by atoms with Crippen LogP contribution in [0.25, 0.3) is 0 Å². The average Bonchev–Trinajstić information content (AvgIpc) is 2.19. The summed E-state index contributed by atoms with van der Waals surface area (Å²) in [6, 6.07) is 5.00. The van der Waals surface area contributed by atoms with Gasteiger partial charge in [0.1, 0.15) is 11.9 Å². The highest BCUT2D eigenvalue weighted by atomic mass is 19.1. The number of anilines is 1. The fourth-order valence-corrected chi connectivity index (χ4v) is 1.14. The van der Waals surface area contributed by atoms with Crippen LogP contribution in [0.4, 0.5) is 14.9 Å². The molecule has 0 atom stereocenters. The molecule has 1 rings (SSSR count). The molecular formula is C11H12FN3O. The van der Waals surface area contributed by atoms with Crippen molar-refractivity contribution in [1.29, 1.82) is 5.26 Å². The number of rotatable bonds is 2. The maximum absolute atomic E-state index is 12.8. The third kappa shape index (κ3) is 3.24. The molecule has 0 fully saturated rings. The van der Waals surface area contributed by atoms with Crippen LogP contribution < -0.4 is 10.6 Å². The number of amides is 2. The summed E-state index contributed by atoms with van der Waals surface area (Å²) in [4.78, 5) is 11.4. The van der Waals surface area contributed by atoms with Gasteiger partial charge in [-0.3, -0.25) is 0 Å².